The fourth-order valence-electron chi connectivity index (χ4n) is 3.17. The van der Waals surface area contributed by atoms with Gasteiger partial charge in [-0.3, -0.25) is 0 Å². The zero-order valence-corrected chi connectivity index (χ0v) is 17.2. The summed E-state index contributed by atoms with van der Waals surface area (Å²) in [6.45, 7) is 11.8. The minimum absolute atomic E-state index is 0.0693. The minimum atomic E-state index is -0.774. The second kappa shape index (κ2) is 10.0. The number of ether oxygens (including phenoxy) is 1. The highest BCUT2D eigenvalue weighted by molar-refractivity contribution is 5.97. The van der Waals surface area contributed by atoms with Gasteiger partial charge in [-0.2, -0.15) is 0 Å². The Morgan fingerprint density at radius 3 is 2.07 bits per heavy atom. The van der Waals surface area contributed by atoms with Crippen LogP contribution in [0.5, 0.6) is 5.75 Å². The highest BCUT2D eigenvalue weighted by Gasteiger charge is 2.29. The largest absolute Gasteiger partial charge is 0.494 e. The summed E-state index contributed by atoms with van der Waals surface area (Å²) in [5.41, 5.74) is 1.13. The van der Waals surface area contributed by atoms with Gasteiger partial charge in [0.1, 0.15) is 23.2 Å². The van der Waals surface area contributed by atoms with Crippen molar-refractivity contribution in [2.45, 2.75) is 27.7 Å². The molecule has 2 aromatic carbocycles. The summed E-state index contributed by atoms with van der Waals surface area (Å²) < 4.78 is 49.5. The molecule has 0 aromatic heterocycles. The van der Waals surface area contributed by atoms with E-state index in [1.54, 1.807) is 38.1 Å². The van der Waals surface area contributed by atoms with E-state index in [0.717, 1.165) is 12.1 Å². The van der Waals surface area contributed by atoms with Gasteiger partial charge in [-0.1, -0.05) is 50.8 Å². The molecule has 3 rings (SSSR count). The van der Waals surface area contributed by atoms with E-state index in [4.69, 9.17) is 4.74 Å². The molecule has 0 saturated heterocycles. The van der Waals surface area contributed by atoms with Crippen molar-refractivity contribution in [3.63, 3.8) is 0 Å². The second-order valence-electron chi connectivity index (χ2n) is 6.01. The number of hydrogen-bond donors (Lipinski definition) is 0. The van der Waals surface area contributed by atoms with E-state index in [1.165, 1.54) is 11.0 Å². The molecule has 0 unspecified atom stereocenters. The van der Waals surface area contributed by atoms with Crippen molar-refractivity contribution in [3.05, 3.63) is 89.4 Å². The Hall–Kier alpha value is -2.95. The van der Waals surface area contributed by atoms with Crippen LogP contribution >= 0.6 is 0 Å². The van der Waals surface area contributed by atoms with E-state index in [0.29, 0.717) is 24.3 Å². The summed E-state index contributed by atoms with van der Waals surface area (Å²) in [4.78, 5) is 1.49. The topological polar surface area (TPSA) is 12.5 Å². The molecule has 2 nitrogen and oxygen atoms in total. The van der Waals surface area contributed by atoms with E-state index >= 15 is 0 Å². The maximum atomic E-state index is 14.9. The molecule has 0 radical (unpaired) electrons. The van der Waals surface area contributed by atoms with Gasteiger partial charge < -0.3 is 9.64 Å². The Morgan fingerprint density at radius 2 is 1.55 bits per heavy atom. The van der Waals surface area contributed by atoms with E-state index < -0.39 is 17.5 Å². The lowest BCUT2D eigenvalue weighted by Gasteiger charge is -2.33. The van der Waals surface area contributed by atoms with Gasteiger partial charge in [-0.25, -0.2) is 13.2 Å². The summed E-state index contributed by atoms with van der Waals surface area (Å²) in [6.07, 6.45) is 1.27. The van der Waals surface area contributed by atoms with Crippen molar-refractivity contribution >= 4 is 11.3 Å². The van der Waals surface area contributed by atoms with Gasteiger partial charge in [0.2, 0.25) is 0 Å². The number of benzene rings is 2. The second-order valence-corrected chi connectivity index (χ2v) is 6.01. The first-order chi connectivity index (χ1) is 14.0. The predicted molar refractivity (Wildman–Crippen MR) is 113 cm³/mol. The van der Waals surface area contributed by atoms with Crippen LogP contribution < -0.4 is 4.74 Å². The molecular weight excluding hydrogens is 375 g/mol. The highest BCUT2D eigenvalue weighted by atomic mass is 19.1. The number of allylic oxidation sites excluding steroid dienone is 3. The molecule has 154 valence electrons. The molecule has 0 N–H and O–H groups in total. The number of nitrogens with zero attached hydrogens (tertiary/aromatic N) is 1. The molecule has 0 atom stereocenters. The molecule has 0 fully saturated rings. The first-order valence-corrected chi connectivity index (χ1v) is 9.73. The zero-order valence-electron chi connectivity index (χ0n) is 17.2. The lowest BCUT2D eigenvalue weighted by Crippen LogP contribution is -2.26. The Kier molecular flexibility index (Phi) is 7.71. The zero-order chi connectivity index (χ0) is 21.6. The monoisotopic (exact) mass is 401 g/mol. The number of likely N-dealkylation sites (N-methyl/N-ethyl adjacent to an activating group) is 1. The normalized spacial score (nSPS) is 13.7. The molecule has 0 bridgehead atoms. The van der Waals surface area contributed by atoms with Gasteiger partial charge >= 0.3 is 0 Å². The highest BCUT2D eigenvalue weighted by Crippen LogP contribution is 2.41. The molecule has 0 aliphatic carbocycles. The van der Waals surface area contributed by atoms with Crippen LogP contribution in [0, 0.1) is 11.6 Å². The average molecular weight is 401 g/mol. The molecule has 1 heterocycles. The lowest BCUT2D eigenvalue weighted by atomic mass is 9.93. The van der Waals surface area contributed by atoms with Crippen LogP contribution in [0.15, 0.2) is 66.6 Å². The summed E-state index contributed by atoms with van der Waals surface area (Å²) in [5, 5.41) is 0. The van der Waals surface area contributed by atoms with Gasteiger partial charge in [0.15, 0.2) is 0 Å². The van der Waals surface area contributed by atoms with E-state index in [2.05, 4.69) is 6.58 Å². The van der Waals surface area contributed by atoms with Crippen molar-refractivity contribution in [2.75, 3.05) is 13.2 Å². The van der Waals surface area contributed by atoms with Crippen molar-refractivity contribution < 1.29 is 17.9 Å². The molecule has 2 aromatic rings. The van der Waals surface area contributed by atoms with E-state index in [9.17, 15) is 13.2 Å². The fraction of sp³-hybridized carbons (Fsp3) is 0.250. The van der Waals surface area contributed by atoms with Crippen LogP contribution in [0.4, 0.5) is 13.2 Å². The molecule has 0 amide bonds. The summed E-state index contributed by atoms with van der Waals surface area (Å²) >= 11 is 0. The molecule has 5 heteroatoms. The molecule has 1 aliphatic heterocycles. The molecule has 0 saturated carbocycles. The number of rotatable bonds is 5. The summed E-state index contributed by atoms with van der Waals surface area (Å²) in [7, 11) is 0. The summed E-state index contributed by atoms with van der Waals surface area (Å²) in [6, 6.07) is 11.2. The number of hydrogen-bond acceptors (Lipinski definition) is 2. The molecule has 1 aliphatic rings. The van der Waals surface area contributed by atoms with Gasteiger partial charge in [0.25, 0.3) is 0 Å². The van der Waals surface area contributed by atoms with Crippen LogP contribution in [0.25, 0.3) is 11.3 Å². The van der Waals surface area contributed by atoms with Crippen molar-refractivity contribution in [2.24, 2.45) is 0 Å². The molecular formula is C24H26F3NO. The quantitative estimate of drug-likeness (QED) is 0.537. The molecule has 0 spiro atoms. The predicted octanol–water partition coefficient (Wildman–Crippen LogP) is 6.96. The van der Waals surface area contributed by atoms with Crippen molar-refractivity contribution in [1.82, 2.24) is 4.90 Å². The van der Waals surface area contributed by atoms with Crippen LogP contribution in [-0.4, -0.2) is 18.1 Å². The lowest BCUT2D eigenvalue weighted by molar-refractivity contribution is 0.335. The maximum Gasteiger partial charge on any atom is 0.146 e. The first-order valence-electron chi connectivity index (χ1n) is 9.73. The standard InChI is InChI=1S/C22H20F3NO.C2H6/c1-4-26-14(3)18(23)13-17(15-9-7-6-8-10-15)22(26)21-19(24)11-16(27-5-2)12-20(21)25;1-2/h6-13H,3-5H2,1-2H3;1-2H3. The van der Waals surface area contributed by atoms with Crippen molar-refractivity contribution in [3.8, 4) is 5.75 Å². The van der Waals surface area contributed by atoms with Crippen LogP contribution in [0.3, 0.4) is 0 Å². The third-order valence-corrected chi connectivity index (χ3v) is 4.36. The van der Waals surface area contributed by atoms with Gasteiger partial charge in [-0.15, -0.1) is 0 Å². The van der Waals surface area contributed by atoms with Crippen LogP contribution in [-0.2, 0) is 0 Å². The Bertz CT molecular complexity index is 909. The number of halogens is 3. The minimum Gasteiger partial charge on any atom is -0.494 e. The third-order valence-electron chi connectivity index (χ3n) is 4.36. The fourth-order valence-corrected chi connectivity index (χ4v) is 3.17. The van der Waals surface area contributed by atoms with E-state index in [-0.39, 0.29) is 22.7 Å². The van der Waals surface area contributed by atoms with Crippen molar-refractivity contribution in [1.29, 1.82) is 0 Å². The van der Waals surface area contributed by atoms with Gasteiger partial charge in [0, 0.05) is 24.3 Å². The Balaban J connectivity index is 0.00000145. The van der Waals surface area contributed by atoms with Gasteiger partial charge in [-0.05, 0) is 25.5 Å². The smallest absolute Gasteiger partial charge is 0.146 e. The maximum absolute atomic E-state index is 14.9. The van der Waals surface area contributed by atoms with Crippen LogP contribution in [0.1, 0.15) is 38.8 Å². The SMILES string of the molecule is C=C1C(F)=CC(c2ccccc2)=C(c2c(F)cc(OCC)cc2F)N1CC.CC. The Labute approximate surface area is 170 Å². The third kappa shape index (κ3) is 4.56. The Morgan fingerprint density at radius 1 is 0.966 bits per heavy atom. The van der Waals surface area contributed by atoms with Crippen LogP contribution in [0.2, 0.25) is 0 Å². The molecule has 29 heavy (non-hydrogen) atoms. The first kappa shape index (κ1) is 22.3. The van der Waals surface area contributed by atoms with Gasteiger partial charge in [0.05, 0.1) is 23.6 Å². The summed E-state index contributed by atoms with van der Waals surface area (Å²) in [5.74, 6) is -1.98. The average Bonchev–Trinajstić information content (AvgIpc) is 2.72. The van der Waals surface area contributed by atoms with E-state index in [1.807, 2.05) is 19.9 Å².